The molecule has 0 aliphatic carbocycles. The Morgan fingerprint density at radius 3 is 2.48 bits per heavy atom. The van der Waals surface area contributed by atoms with Crippen LogP contribution in [0.3, 0.4) is 0 Å². The van der Waals surface area contributed by atoms with Crippen molar-refractivity contribution in [1.82, 2.24) is 9.88 Å². The summed E-state index contributed by atoms with van der Waals surface area (Å²) in [4.78, 5) is 6.83. The summed E-state index contributed by atoms with van der Waals surface area (Å²) in [5, 5.41) is 12.2. The predicted octanol–water partition coefficient (Wildman–Crippen LogP) is 3.22. The van der Waals surface area contributed by atoms with E-state index in [1.807, 2.05) is 24.4 Å². The summed E-state index contributed by atoms with van der Waals surface area (Å²) >= 11 is 0. The van der Waals surface area contributed by atoms with Gasteiger partial charge in [-0.25, -0.2) is 4.98 Å². The minimum atomic E-state index is 0.491. The van der Waals surface area contributed by atoms with Crippen molar-refractivity contribution in [2.45, 2.75) is 31.8 Å². The molecule has 1 aliphatic heterocycles. The van der Waals surface area contributed by atoms with Crippen LogP contribution >= 0.6 is 0 Å². The van der Waals surface area contributed by atoms with Crippen molar-refractivity contribution in [3.63, 3.8) is 0 Å². The van der Waals surface area contributed by atoms with Crippen LogP contribution in [0.25, 0.3) is 0 Å². The normalized spacial score (nSPS) is 16.0. The molecule has 0 unspecified atom stereocenters. The van der Waals surface area contributed by atoms with Crippen molar-refractivity contribution in [3.8, 4) is 6.07 Å². The highest BCUT2D eigenvalue weighted by atomic mass is 15.1. The Hall–Kier alpha value is -2.38. The molecule has 1 fully saturated rings. The minimum Gasteiger partial charge on any atom is -0.367 e. The number of aromatic nitrogens is 1. The lowest BCUT2D eigenvalue weighted by Crippen LogP contribution is -2.38. The third-order valence-corrected chi connectivity index (χ3v) is 4.32. The van der Waals surface area contributed by atoms with Crippen molar-refractivity contribution in [2.24, 2.45) is 0 Å². The molecule has 4 nitrogen and oxygen atoms in total. The largest absolute Gasteiger partial charge is 0.367 e. The molecular formula is C19H22N4. The van der Waals surface area contributed by atoms with Gasteiger partial charge in [0.25, 0.3) is 0 Å². The van der Waals surface area contributed by atoms with E-state index in [0.717, 1.165) is 43.9 Å². The standard InChI is InChI=1S/C19H22N4/c20-11-8-16-4-6-17(7-5-16)15-23-13-9-18(10-14-23)22-19-3-1-2-12-21-19/h1-7,12,18H,8-10,13-15H2,(H,21,22). The predicted molar refractivity (Wildman–Crippen MR) is 91.9 cm³/mol. The average molecular weight is 306 g/mol. The van der Waals surface area contributed by atoms with E-state index in [4.69, 9.17) is 5.26 Å². The van der Waals surface area contributed by atoms with Crippen molar-refractivity contribution in [1.29, 1.82) is 5.26 Å². The summed E-state index contributed by atoms with van der Waals surface area (Å²) in [6, 6.07) is 17.1. The van der Waals surface area contributed by atoms with Crippen molar-refractivity contribution >= 4 is 5.82 Å². The van der Waals surface area contributed by atoms with E-state index < -0.39 is 0 Å². The Kier molecular flexibility index (Phi) is 5.23. The van der Waals surface area contributed by atoms with Crippen LogP contribution in [0, 0.1) is 11.3 Å². The Morgan fingerprint density at radius 2 is 1.83 bits per heavy atom. The lowest BCUT2D eigenvalue weighted by Gasteiger charge is -2.32. The third kappa shape index (κ3) is 4.54. The maximum Gasteiger partial charge on any atom is 0.126 e. The van der Waals surface area contributed by atoms with Crippen LogP contribution in [-0.4, -0.2) is 29.0 Å². The fourth-order valence-electron chi connectivity index (χ4n) is 3.00. The second-order valence-corrected chi connectivity index (χ2v) is 6.06. The molecule has 0 radical (unpaired) electrons. The molecule has 2 aromatic rings. The summed E-state index contributed by atoms with van der Waals surface area (Å²) in [5.41, 5.74) is 2.41. The highest BCUT2D eigenvalue weighted by molar-refractivity contribution is 5.34. The number of benzene rings is 1. The first kappa shape index (κ1) is 15.5. The van der Waals surface area contributed by atoms with E-state index >= 15 is 0 Å². The summed E-state index contributed by atoms with van der Waals surface area (Å²) < 4.78 is 0. The van der Waals surface area contributed by atoms with E-state index in [1.54, 1.807) is 0 Å². The van der Waals surface area contributed by atoms with Gasteiger partial charge in [0.15, 0.2) is 0 Å². The van der Waals surface area contributed by atoms with Gasteiger partial charge in [0, 0.05) is 31.9 Å². The van der Waals surface area contributed by atoms with E-state index in [9.17, 15) is 0 Å². The Labute approximate surface area is 137 Å². The van der Waals surface area contributed by atoms with Gasteiger partial charge < -0.3 is 5.32 Å². The number of likely N-dealkylation sites (tertiary alicyclic amines) is 1. The molecule has 1 saturated heterocycles. The van der Waals surface area contributed by atoms with Crippen LogP contribution in [0.15, 0.2) is 48.7 Å². The van der Waals surface area contributed by atoms with Crippen molar-refractivity contribution in [3.05, 3.63) is 59.8 Å². The molecule has 0 spiro atoms. The van der Waals surface area contributed by atoms with E-state index in [0.29, 0.717) is 12.5 Å². The number of rotatable bonds is 5. The molecule has 3 rings (SSSR count). The highest BCUT2D eigenvalue weighted by Gasteiger charge is 2.19. The van der Waals surface area contributed by atoms with Gasteiger partial charge in [-0.1, -0.05) is 30.3 Å². The fourth-order valence-corrected chi connectivity index (χ4v) is 3.00. The lowest BCUT2D eigenvalue weighted by molar-refractivity contribution is 0.211. The first-order valence-electron chi connectivity index (χ1n) is 8.18. The van der Waals surface area contributed by atoms with Gasteiger partial charge in [-0.05, 0) is 36.1 Å². The van der Waals surface area contributed by atoms with Crippen LogP contribution in [0.2, 0.25) is 0 Å². The molecule has 23 heavy (non-hydrogen) atoms. The highest BCUT2D eigenvalue weighted by Crippen LogP contribution is 2.17. The number of hydrogen-bond acceptors (Lipinski definition) is 4. The van der Waals surface area contributed by atoms with Crippen LogP contribution in [0.5, 0.6) is 0 Å². The lowest BCUT2D eigenvalue weighted by atomic mass is 10.0. The third-order valence-electron chi connectivity index (χ3n) is 4.32. The SMILES string of the molecule is N#CCc1ccc(CN2CCC(Nc3ccccn3)CC2)cc1. The van der Waals surface area contributed by atoms with Crippen LogP contribution in [0.4, 0.5) is 5.82 Å². The Morgan fingerprint density at radius 1 is 1.09 bits per heavy atom. The number of nitrogens with one attached hydrogen (secondary N) is 1. The smallest absolute Gasteiger partial charge is 0.126 e. The zero-order valence-electron chi connectivity index (χ0n) is 13.3. The molecule has 2 heterocycles. The molecule has 118 valence electrons. The summed E-state index contributed by atoms with van der Waals surface area (Å²) in [5.74, 6) is 0.971. The zero-order chi connectivity index (χ0) is 15.9. The first-order chi connectivity index (χ1) is 11.3. The van der Waals surface area contributed by atoms with Gasteiger partial charge in [-0.2, -0.15) is 5.26 Å². The number of pyridine rings is 1. The average Bonchev–Trinajstić information content (AvgIpc) is 2.60. The second kappa shape index (κ2) is 7.75. The van der Waals surface area contributed by atoms with Gasteiger partial charge in [0.1, 0.15) is 5.82 Å². The first-order valence-corrected chi connectivity index (χ1v) is 8.18. The number of hydrogen-bond donors (Lipinski definition) is 1. The number of anilines is 1. The maximum absolute atomic E-state index is 8.71. The molecule has 1 aliphatic rings. The Balaban J connectivity index is 1.46. The molecule has 0 amide bonds. The molecule has 0 saturated carbocycles. The number of nitriles is 1. The van der Waals surface area contributed by atoms with Gasteiger partial charge in [0.2, 0.25) is 0 Å². The van der Waals surface area contributed by atoms with Gasteiger partial charge in [-0.3, -0.25) is 4.90 Å². The Bertz CT molecular complexity index is 637. The second-order valence-electron chi connectivity index (χ2n) is 6.06. The molecule has 4 heteroatoms. The van der Waals surface area contributed by atoms with Gasteiger partial charge >= 0.3 is 0 Å². The van der Waals surface area contributed by atoms with Crippen LogP contribution < -0.4 is 5.32 Å². The van der Waals surface area contributed by atoms with Gasteiger partial charge in [-0.15, -0.1) is 0 Å². The van der Waals surface area contributed by atoms with Crippen molar-refractivity contribution in [2.75, 3.05) is 18.4 Å². The summed E-state index contributed by atoms with van der Waals surface area (Å²) in [6.07, 6.45) is 4.60. The van der Waals surface area contributed by atoms with E-state index in [-0.39, 0.29) is 0 Å². The minimum absolute atomic E-state index is 0.491. The fraction of sp³-hybridized carbons (Fsp3) is 0.368. The van der Waals surface area contributed by atoms with Crippen LogP contribution in [-0.2, 0) is 13.0 Å². The zero-order valence-corrected chi connectivity index (χ0v) is 13.3. The summed E-state index contributed by atoms with van der Waals surface area (Å²) in [7, 11) is 0. The maximum atomic E-state index is 8.71. The molecule has 0 atom stereocenters. The van der Waals surface area contributed by atoms with Crippen molar-refractivity contribution < 1.29 is 0 Å². The molecule has 0 bridgehead atoms. The number of piperidine rings is 1. The topological polar surface area (TPSA) is 52.0 Å². The van der Waals surface area contributed by atoms with Gasteiger partial charge in [0.05, 0.1) is 12.5 Å². The summed E-state index contributed by atoms with van der Waals surface area (Å²) in [6.45, 7) is 3.19. The van der Waals surface area contributed by atoms with E-state index in [1.165, 1.54) is 5.56 Å². The molecule has 1 aromatic heterocycles. The van der Waals surface area contributed by atoms with E-state index in [2.05, 4.69) is 45.5 Å². The monoisotopic (exact) mass is 306 g/mol. The number of nitrogens with zero attached hydrogens (tertiary/aromatic N) is 3. The van der Waals surface area contributed by atoms with Crippen LogP contribution in [0.1, 0.15) is 24.0 Å². The molecule has 1 N–H and O–H groups in total. The molecule has 1 aromatic carbocycles. The molecular weight excluding hydrogens is 284 g/mol. The quantitative estimate of drug-likeness (QED) is 0.921.